The maximum Gasteiger partial charge on any atom is 0.246 e. The van der Waals surface area contributed by atoms with Crippen LogP contribution in [0.25, 0.3) is 0 Å². The fourth-order valence-electron chi connectivity index (χ4n) is 3.15. The summed E-state index contributed by atoms with van der Waals surface area (Å²) in [6.45, 7) is 5.60. The zero-order chi connectivity index (χ0) is 22.6. The number of aromatic nitrogens is 2. The Bertz CT molecular complexity index is 1190. The lowest BCUT2D eigenvalue weighted by Crippen LogP contribution is -2.21. The van der Waals surface area contributed by atoms with E-state index in [9.17, 15) is 13.2 Å². The van der Waals surface area contributed by atoms with Gasteiger partial charge >= 0.3 is 0 Å². The molecule has 0 radical (unpaired) electrons. The second-order valence-electron chi connectivity index (χ2n) is 6.99. The Labute approximate surface area is 187 Å². The van der Waals surface area contributed by atoms with Crippen molar-refractivity contribution in [2.75, 3.05) is 16.8 Å². The third-order valence-corrected chi connectivity index (χ3v) is 7.57. The normalized spacial score (nSPS) is 11.5. The molecule has 7 nitrogen and oxygen atoms in total. The van der Waals surface area contributed by atoms with E-state index in [0.717, 1.165) is 23.2 Å². The van der Waals surface area contributed by atoms with Crippen molar-refractivity contribution in [3.05, 3.63) is 59.7 Å². The van der Waals surface area contributed by atoms with Crippen molar-refractivity contribution in [3.63, 3.8) is 0 Å². The molecular formula is C22H26N4O3S2. The van der Waals surface area contributed by atoms with Crippen LogP contribution in [0.15, 0.2) is 63.3 Å². The van der Waals surface area contributed by atoms with Gasteiger partial charge in [-0.3, -0.25) is 4.79 Å². The second-order valence-corrected chi connectivity index (χ2v) is 10.1. The number of para-hydroxylation sites is 1. The number of amides is 1. The molecule has 3 N–H and O–H groups in total. The maximum atomic E-state index is 13.3. The quantitative estimate of drug-likeness (QED) is 0.496. The first-order chi connectivity index (χ1) is 14.8. The zero-order valence-corrected chi connectivity index (χ0v) is 19.4. The highest BCUT2D eigenvalue weighted by molar-refractivity contribution is 8.00. The van der Waals surface area contributed by atoms with E-state index in [0.29, 0.717) is 10.8 Å². The van der Waals surface area contributed by atoms with Crippen LogP contribution in [0.1, 0.15) is 25.0 Å². The summed E-state index contributed by atoms with van der Waals surface area (Å²) in [5, 5.41) is 7.50. The number of thioether (sulfide) groups is 1. The number of nitrogen functional groups attached to an aromatic ring is 1. The monoisotopic (exact) mass is 458 g/mol. The number of aryl methyl sites for hydroxylation is 2. The number of hydrogen-bond acceptors (Lipinski definition) is 6. The standard InChI is InChI=1S/C22H26N4O3S2/c1-4-16-8-6-7-9-18(16)24-19(27)14-26-21(23)20(22(25-26)30-5-2)31(28,29)17-12-10-15(3)11-13-17/h6-13H,4-5,14,23H2,1-3H3,(H,24,27). The molecule has 3 aromatic rings. The van der Waals surface area contributed by atoms with Crippen LogP contribution in [0.2, 0.25) is 0 Å². The van der Waals surface area contributed by atoms with Crippen molar-refractivity contribution in [2.24, 2.45) is 0 Å². The number of hydrogen-bond donors (Lipinski definition) is 2. The Morgan fingerprint density at radius 2 is 1.81 bits per heavy atom. The molecule has 0 aliphatic heterocycles. The summed E-state index contributed by atoms with van der Waals surface area (Å²) in [4.78, 5) is 12.7. The van der Waals surface area contributed by atoms with Crippen LogP contribution in [0.5, 0.6) is 0 Å². The summed E-state index contributed by atoms with van der Waals surface area (Å²) in [6.07, 6.45) is 0.774. The molecule has 0 unspecified atom stereocenters. The van der Waals surface area contributed by atoms with Gasteiger partial charge in [0.2, 0.25) is 15.7 Å². The summed E-state index contributed by atoms with van der Waals surface area (Å²) >= 11 is 1.28. The van der Waals surface area contributed by atoms with E-state index in [-0.39, 0.29) is 28.1 Å². The van der Waals surface area contributed by atoms with Gasteiger partial charge in [-0.25, -0.2) is 13.1 Å². The highest BCUT2D eigenvalue weighted by atomic mass is 32.2. The first-order valence-electron chi connectivity index (χ1n) is 9.96. The highest BCUT2D eigenvalue weighted by Crippen LogP contribution is 2.35. The summed E-state index contributed by atoms with van der Waals surface area (Å²) in [6, 6.07) is 14.1. The predicted molar refractivity (Wildman–Crippen MR) is 124 cm³/mol. The molecule has 2 aromatic carbocycles. The summed E-state index contributed by atoms with van der Waals surface area (Å²) in [7, 11) is -3.88. The maximum absolute atomic E-state index is 13.3. The van der Waals surface area contributed by atoms with Crippen molar-refractivity contribution in [3.8, 4) is 0 Å². The second kappa shape index (κ2) is 9.57. The summed E-state index contributed by atoms with van der Waals surface area (Å²) in [5.41, 5.74) is 8.89. The summed E-state index contributed by atoms with van der Waals surface area (Å²) in [5.74, 6) is 0.237. The zero-order valence-electron chi connectivity index (χ0n) is 17.8. The number of benzene rings is 2. The Kier molecular flexibility index (Phi) is 7.07. The number of rotatable bonds is 8. The fraction of sp³-hybridized carbons (Fsp3) is 0.273. The Hall–Kier alpha value is -2.78. The molecule has 0 aliphatic rings. The number of sulfone groups is 1. The number of nitrogens with zero attached hydrogens (tertiary/aromatic N) is 2. The molecular weight excluding hydrogens is 432 g/mol. The van der Waals surface area contributed by atoms with E-state index in [1.807, 2.05) is 45.0 Å². The SMILES string of the molecule is CCSc1nn(CC(=O)Nc2ccccc2CC)c(N)c1S(=O)(=O)c1ccc(C)cc1. The molecule has 0 spiro atoms. The number of carbonyl (C=O) groups is 1. The molecule has 9 heteroatoms. The molecule has 31 heavy (non-hydrogen) atoms. The van der Waals surface area contributed by atoms with Gasteiger partial charge in [0.25, 0.3) is 0 Å². The predicted octanol–water partition coefficient (Wildman–Crippen LogP) is 3.92. The van der Waals surface area contributed by atoms with E-state index in [1.54, 1.807) is 24.3 Å². The lowest BCUT2D eigenvalue weighted by atomic mass is 10.1. The average molecular weight is 459 g/mol. The third-order valence-electron chi connectivity index (χ3n) is 4.76. The van der Waals surface area contributed by atoms with Crippen molar-refractivity contribution < 1.29 is 13.2 Å². The van der Waals surface area contributed by atoms with E-state index >= 15 is 0 Å². The van der Waals surface area contributed by atoms with Gasteiger partial charge in [0, 0.05) is 5.69 Å². The number of anilines is 2. The van der Waals surface area contributed by atoms with Crippen LogP contribution >= 0.6 is 11.8 Å². The van der Waals surface area contributed by atoms with E-state index in [1.165, 1.54) is 16.4 Å². The van der Waals surface area contributed by atoms with Crippen molar-refractivity contribution >= 4 is 39.0 Å². The molecule has 0 fully saturated rings. The fourth-order valence-corrected chi connectivity index (χ4v) is 5.70. The van der Waals surface area contributed by atoms with Crippen molar-refractivity contribution in [2.45, 2.75) is 48.6 Å². The topological polar surface area (TPSA) is 107 Å². The first kappa shape index (κ1) is 22.9. The number of nitrogens with two attached hydrogens (primary N) is 1. The van der Waals surface area contributed by atoms with Crippen LogP contribution in [0.4, 0.5) is 11.5 Å². The van der Waals surface area contributed by atoms with Crippen molar-refractivity contribution in [1.82, 2.24) is 9.78 Å². The van der Waals surface area contributed by atoms with Gasteiger partial charge in [0.05, 0.1) is 4.90 Å². The van der Waals surface area contributed by atoms with Gasteiger partial charge in [-0.1, -0.05) is 49.7 Å². The van der Waals surface area contributed by atoms with Crippen LogP contribution in [-0.4, -0.2) is 29.9 Å². The lowest BCUT2D eigenvalue weighted by Gasteiger charge is -2.10. The van der Waals surface area contributed by atoms with Crippen LogP contribution in [0.3, 0.4) is 0 Å². The first-order valence-corrected chi connectivity index (χ1v) is 12.4. The van der Waals surface area contributed by atoms with Gasteiger partial charge in [0.1, 0.15) is 22.3 Å². The molecule has 0 bridgehead atoms. The van der Waals surface area contributed by atoms with Gasteiger partial charge in [-0.2, -0.15) is 5.10 Å². The van der Waals surface area contributed by atoms with E-state index < -0.39 is 9.84 Å². The van der Waals surface area contributed by atoms with Crippen LogP contribution in [-0.2, 0) is 27.6 Å². The molecule has 0 aliphatic carbocycles. The molecule has 164 valence electrons. The van der Waals surface area contributed by atoms with Crippen molar-refractivity contribution in [1.29, 1.82) is 0 Å². The minimum atomic E-state index is -3.88. The Morgan fingerprint density at radius 3 is 2.45 bits per heavy atom. The van der Waals surface area contributed by atoms with Gasteiger partial charge in [0.15, 0.2) is 0 Å². The molecule has 3 rings (SSSR count). The molecule has 0 saturated carbocycles. The van der Waals surface area contributed by atoms with Gasteiger partial charge in [-0.15, -0.1) is 11.8 Å². The molecule has 1 aromatic heterocycles. The number of nitrogens with one attached hydrogen (secondary N) is 1. The van der Waals surface area contributed by atoms with E-state index in [4.69, 9.17) is 5.73 Å². The molecule has 1 heterocycles. The minimum absolute atomic E-state index is 0.0459. The van der Waals surface area contributed by atoms with Crippen LogP contribution < -0.4 is 11.1 Å². The summed E-state index contributed by atoms with van der Waals surface area (Å²) < 4.78 is 27.8. The van der Waals surface area contributed by atoms with Crippen LogP contribution in [0, 0.1) is 6.92 Å². The Morgan fingerprint density at radius 1 is 1.13 bits per heavy atom. The van der Waals surface area contributed by atoms with Gasteiger partial charge < -0.3 is 11.1 Å². The van der Waals surface area contributed by atoms with Gasteiger partial charge in [-0.05, 0) is 42.9 Å². The number of carbonyl (C=O) groups excluding carboxylic acids is 1. The largest absolute Gasteiger partial charge is 0.383 e. The molecule has 1 amide bonds. The molecule has 0 atom stereocenters. The lowest BCUT2D eigenvalue weighted by molar-refractivity contribution is -0.116. The minimum Gasteiger partial charge on any atom is -0.383 e. The highest BCUT2D eigenvalue weighted by Gasteiger charge is 2.30. The third kappa shape index (κ3) is 4.94. The smallest absolute Gasteiger partial charge is 0.246 e. The Balaban J connectivity index is 1.94. The van der Waals surface area contributed by atoms with E-state index in [2.05, 4.69) is 10.4 Å². The molecule has 0 saturated heterocycles. The average Bonchev–Trinajstić information content (AvgIpc) is 3.04.